The fraction of sp³-hybridized carbons (Fsp3) is 0.462. The topological polar surface area (TPSA) is 64.3 Å². The van der Waals surface area contributed by atoms with E-state index in [1.54, 1.807) is 0 Å². The first-order chi connectivity index (χ1) is 9.07. The molecule has 4 nitrogen and oxygen atoms in total. The van der Waals surface area contributed by atoms with E-state index in [9.17, 15) is 13.6 Å². The van der Waals surface area contributed by atoms with Gasteiger partial charge in [-0.1, -0.05) is 13.3 Å². The maximum atomic E-state index is 13.5. The first-order valence-corrected chi connectivity index (χ1v) is 6.17. The van der Waals surface area contributed by atoms with Gasteiger partial charge < -0.3 is 15.8 Å². The Morgan fingerprint density at radius 1 is 1.37 bits per heavy atom. The van der Waals surface area contributed by atoms with Crippen molar-refractivity contribution < 1.29 is 18.3 Å². The predicted molar refractivity (Wildman–Crippen MR) is 68.8 cm³/mol. The molecule has 0 aliphatic carbocycles. The van der Waals surface area contributed by atoms with Gasteiger partial charge in [-0.15, -0.1) is 0 Å². The molecular formula is C13H18F2N2O2. The molecule has 0 saturated heterocycles. The highest BCUT2D eigenvalue weighted by Gasteiger charge is 2.18. The number of benzene rings is 1. The van der Waals surface area contributed by atoms with Crippen LogP contribution in [0.4, 0.5) is 14.5 Å². The van der Waals surface area contributed by atoms with Crippen LogP contribution in [-0.2, 0) is 4.74 Å². The summed E-state index contributed by atoms with van der Waals surface area (Å²) < 4.78 is 32.1. The Kier molecular flexibility index (Phi) is 6.21. The number of ether oxygens (including phenoxy) is 1. The third kappa shape index (κ3) is 4.48. The van der Waals surface area contributed by atoms with Gasteiger partial charge in [0.2, 0.25) is 0 Å². The molecule has 0 aliphatic rings. The summed E-state index contributed by atoms with van der Waals surface area (Å²) in [5.41, 5.74) is 4.37. The van der Waals surface area contributed by atoms with E-state index >= 15 is 0 Å². The molecule has 1 aromatic carbocycles. The number of nitrogens with two attached hydrogens (primary N) is 1. The van der Waals surface area contributed by atoms with Crippen LogP contribution < -0.4 is 11.1 Å². The van der Waals surface area contributed by atoms with Gasteiger partial charge in [-0.2, -0.15) is 0 Å². The summed E-state index contributed by atoms with van der Waals surface area (Å²) in [7, 11) is 0. The molecular weight excluding hydrogens is 254 g/mol. The summed E-state index contributed by atoms with van der Waals surface area (Å²) in [5, 5.41) is 2.39. The van der Waals surface area contributed by atoms with Crippen molar-refractivity contribution in [3.63, 3.8) is 0 Å². The largest absolute Gasteiger partial charge is 0.396 e. The molecule has 19 heavy (non-hydrogen) atoms. The van der Waals surface area contributed by atoms with Crippen molar-refractivity contribution in [1.29, 1.82) is 0 Å². The molecule has 0 saturated carbocycles. The van der Waals surface area contributed by atoms with Crippen LogP contribution in [0.2, 0.25) is 0 Å². The SMILES string of the molecule is CCCCOCCNC(=O)c1c(F)ccc(N)c1F. The molecule has 1 amide bonds. The first-order valence-electron chi connectivity index (χ1n) is 6.17. The molecule has 106 valence electrons. The van der Waals surface area contributed by atoms with Crippen molar-refractivity contribution >= 4 is 11.6 Å². The summed E-state index contributed by atoms with van der Waals surface area (Å²) in [5.74, 6) is -2.80. The molecule has 0 unspecified atom stereocenters. The third-order valence-corrected chi connectivity index (χ3v) is 2.52. The molecule has 0 radical (unpaired) electrons. The summed E-state index contributed by atoms with van der Waals surface area (Å²) in [6.45, 7) is 3.14. The van der Waals surface area contributed by atoms with Crippen molar-refractivity contribution in [2.75, 3.05) is 25.5 Å². The second kappa shape index (κ2) is 7.68. The summed E-state index contributed by atoms with van der Waals surface area (Å²) in [4.78, 5) is 11.6. The molecule has 6 heteroatoms. The Bertz CT molecular complexity index is 439. The van der Waals surface area contributed by atoms with E-state index in [0.717, 1.165) is 25.0 Å². The molecule has 0 spiro atoms. The van der Waals surface area contributed by atoms with Gasteiger partial charge in [-0.3, -0.25) is 4.79 Å². The van der Waals surface area contributed by atoms with E-state index in [4.69, 9.17) is 10.5 Å². The van der Waals surface area contributed by atoms with Gasteiger partial charge in [-0.05, 0) is 18.6 Å². The van der Waals surface area contributed by atoms with Gasteiger partial charge in [0.25, 0.3) is 5.91 Å². The van der Waals surface area contributed by atoms with Crippen LogP contribution in [0.15, 0.2) is 12.1 Å². The highest BCUT2D eigenvalue weighted by molar-refractivity contribution is 5.95. The fourth-order valence-electron chi connectivity index (χ4n) is 1.45. The van der Waals surface area contributed by atoms with Crippen LogP contribution in [0.5, 0.6) is 0 Å². The van der Waals surface area contributed by atoms with Gasteiger partial charge in [0.05, 0.1) is 12.3 Å². The van der Waals surface area contributed by atoms with Crippen molar-refractivity contribution in [2.24, 2.45) is 0 Å². The number of anilines is 1. The standard InChI is InChI=1S/C13H18F2N2O2/c1-2-3-7-19-8-6-17-13(18)11-9(14)4-5-10(16)12(11)15/h4-5H,2-3,6-8,16H2,1H3,(H,17,18). The van der Waals surface area contributed by atoms with E-state index in [1.807, 2.05) is 6.92 Å². The van der Waals surface area contributed by atoms with E-state index in [0.29, 0.717) is 13.2 Å². The average Bonchev–Trinajstić information content (AvgIpc) is 2.38. The Balaban J connectivity index is 2.48. The molecule has 0 aliphatic heterocycles. The minimum absolute atomic E-state index is 0.191. The number of halogens is 2. The molecule has 0 bridgehead atoms. The number of nitrogen functional groups attached to an aromatic ring is 1. The van der Waals surface area contributed by atoms with Crippen LogP contribution in [0.3, 0.4) is 0 Å². The van der Waals surface area contributed by atoms with E-state index in [2.05, 4.69) is 5.32 Å². The van der Waals surface area contributed by atoms with E-state index < -0.39 is 23.1 Å². The predicted octanol–water partition coefficient (Wildman–Crippen LogP) is 2.09. The second-order valence-corrected chi connectivity index (χ2v) is 4.05. The molecule has 0 aromatic heterocycles. The monoisotopic (exact) mass is 272 g/mol. The maximum absolute atomic E-state index is 13.5. The number of unbranched alkanes of at least 4 members (excludes halogenated alkanes) is 1. The summed E-state index contributed by atoms with van der Waals surface area (Å²) in [6.07, 6.45) is 1.96. The Morgan fingerprint density at radius 3 is 2.79 bits per heavy atom. The molecule has 1 rings (SSSR count). The number of amides is 1. The van der Waals surface area contributed by atoms with E-state index in [1.165, 1.54) is 0 Å². The van der Waals surface area contributed by atoms with Crippen molar-refractivity contribution in [2.45, 2.75) is 19.8 Å². The minimum Gasteiger partial charge on any atom is -0.396 e. The highest BCUT2D eigenvalue weighted by atomic mass is 19.1. The first kappa shape index (κ1) is 15.4. The zero-order valence-electron chi connectivity index (χ0n) is 10.8. The average molecular weight is 272 g/mol. The number of hydrogen-bond donors (Lipinski definition) is 2. The highest BCUT2D eigenvalue weighted by Crippen LogP contribution is 2.18. The van der Waals surface area contributed by atoms with Crippen LogP contribution in [-0.4, -0.2) is 25.7 Å². The number of carbonyl (C=O) groups excluding carboxylic acids is 1. The van der Waals surface area contributed by atoms with Crippen molar-refractivity contribution in [3.05, 3.63) is 29.3 Å². The van der Waals surface area contributed by atoms with Crippen molar-refractivity contribution in [1.82, 2.24) is 5.32 Å². The van der Waals surface area contributed by atoms with Crippen LogP contribution >= 0.6 is 0 Å². The second-order valence-electron chi connectivity index (χ2n) is 4.05. The molecule has 3 N–H and O–H groups in total. The third-order valence-electron chi connectivity index (χ3n) is 2.52. The summed E-state index contributed by atoms with van der Waals surface area (Å²) >= 11 is 0. The zero-order chi connectivity index (χ0) is 14.3. The lowest BCUT2D eigenvalue weighted by Crippen LogP contribution is -2.29. The Labute approximate surface area is 110 Å². The van der Waals surface area contributed by atoms with Crippen LogP contribution in [0, 0.1) is 11.6 Å². The lowest BCUT2D eigenvalue weighted by Gasteiger charge is -2.08. The van der Waals surface area contributed by atoms with Crippen molar-refractivity contribution in [3.8, 4) is 0 Å². The Morgan fingerprint density at radius 2 is 2.11 bits per heavy atom. The quantitative estimate of drug-likeness (QED) is 0.590. The number of rotatable bonds is 7. The Hall–Kier alpha value is -1.69. The molecule has 0 heterocycles. The molecule has 0 fully saturated rings. The van der Waals surface area contributed by atoms with Gasteiger partial charge in [0, 0.05) is 13.2 Å². The minimum atomic E-state index is -1.04. The van der Waals surface area contributed by atoms with Crippen LogP contribution in [0.25, 0.3) is 0 Å². The van der Waals surface area contributed by atoms with Gasteiger partial charge in [0.1, 0.15) is 11.4 Å². The van der Waals surface area contributed by atoms with Gasteiger partial charge in [-0.25, -0.2) is 8.78 Å². The number of nitrogens with one attached hydrogen (secondary N) is 1. The number of hydrogen-bond acceptors (Lipinski definition) is 3. The van der Waals surface area contributed by atoms with Gasteiger partial charge >= 0.3 is 0 Å². The van der Waals surface area contributed by atoms with Gasteiger partial charge in [0.15, 0.2) is 5.82 Å². The molecule has 1 aromatic rings. The summed E-state index contributed by atoms with van der Waals surface area (Å²) in [6, 6.07) is 2.04. The maximum Gasteiger partial charge on any atom is 0.257 e. The zero-order valence-corrected chi connectivity index (χ0v) is 10.8. The lowest BCUT2D eigenvalue weighted by atomic mass is 10.1. The lowest BCUT2D eigenvalue weighted by molar-refractivity contribution is 0.0905. The van der Waals surface area contributed by atoms with Crippen LogP contribution in [0.1, 0.15) is 30.1 Å². The normalized spacial score (nSPS) is 10.5. The molecule has 0 atom stereocenters. The fourth-order valence-corrected chi connectivity index (χ4v) is 1.45. The number of carbonyl (C=O) groups is 1. The smallest absolute Gasteiger partial charge is 0.257 e. The van der Waals surface area contributed by atoms with E-state index in [-0.39, 0.29) is 12.2 Å².